The lowest BCUT2D eigenvalue weighted by atomic mass is 10.1. The number of nitrogens with two attached hydrogens (primary N) is 2. The predicted octanol–water partition coefficient (Wildman–Crippen LogP) is 2.79. The molecule has 0 saturated carbocycles. The number of carbonyl (C=O) groups is 1. The number of fused-ring (bicyclic) bond motifs is 2. The predicted molar refractivity (Wildman–Crippen MR) is 109 cm³/mol. The number of rotatable bonds is 5. The molecule has 0 fully saturated rings. The Bertz CT molecular complexity index is 1030. The van der Waals surface area contributed by atoms with Gasteiger partial charge in [0.1, 0.15) is 6.04 Å². The molecule has 2 aromatic carbocycles. The van der Waals surface area contributed by atoms with Gasteiger partial charge in [-0.25, -0.2) is 0 Å². The van der Waals surface area contributed by atoms with Crippen LogP contribution in [0.1, 0.15) is 11.1 Å². The van der Waals surface area contributed by atoms with Crippen molar-refractivity contribution in [1.82, 2.24) is 9.97 Å². The average Bonchev–Trinajstić information content (AvgIpc) is 3.27. The van der Waals surface area contributed by atoms with Gasteiger partial charge in [0.05, 0.1) is 0 Å². The SMILES string of the molecule is NCCc1c[nH]c2ccccc12.N[C@@H](Cc1c[nH]c2ccccc12)C(=O)O. The number of aromatic nitrogens is 2. The van der Waals surface area contributed by atoms with Crippen molar-refractivity contribution < 1.29 is 9.90 Å². The van der Waals surface area contributed by atoms with Crippen LogP contribution in [0.4, 0.5) is 0 Å². The maximum atomic E-state index is 10.6. The highest BCUT2D eigenvalue weighted by Gasteiger charge is 2.14. The minimum atomic E-state index is -0.972. The monoisotopic (exact) mass is 364 g/mol. The van der Waals surface area contributed by atoms with E-state index < -0.39 is 12.0 Å². The summed E-state index contributed by atoms with van der Waals surface area (Å²) in [6.45, 7) is 0.710. The molecule has 0 amide bonds. The number of benzene rings is 2. The lowest BCUT2D eigenvalue weighted by molar-refractivity contribution is -0.138. The van der Waals surface area contributed by atoms with E-state index in [1.807, 2.05) is 42.7 Å². The first-order chi connectivity index (χ1) is 13.1. The molecule has 7 N–H and O–H groups in total. The first-order valence-electron chi connectivity index (χ1n) is 8.88. The molecule has 6 nitrogen and oxygen atoms in total. The van der Waals surface area contributed by atoms with Crippen molar-refractivity contribution in [2.24, 2.45) is 11.5 Å². The molecule has 0 spiro atoms. The maximum absolute atomic E-state index is 10.6. The van der Waals surface area contributed by atoms with E-state index in [0.29, 0.717) is 13.0 Å². The molecule has 6 heteroatoms. The highest BCUT2D eigenvalue weighted by Crippen LogP contribution is 2.19. The normalized spacial score (nSPS) is 11.9. The van der Waals surface area contributed by atoms with Gasteiger partial charge < -0.3 is 26.5 Å². The second-order valence-electron chi connectivity index (χ2n) is 6.41. The van der Waals surface area contributed by atoms with Gasteiger partial charge in [-0.3, -0.25) is 4.79 Å². The average molecular weight is 364 g/mol. The van der Waals surface area contributed by atoms with Crippen molar-refractivity contribution in [2.45, 2.75) is 18.9 Å². The van der Waals surface area contributed by atoms with E-state index in [2.05, 4.69) is 28.2 Å². The topological polar surface area (TPSA) is 121 Å². The van der Waals surface area contributed by atoms with Gasteiger partial charge in [-0.2, -0.15) is 0 Å². The Balaban J connectivity index is 0.000000159. The van der Waals surface area contributed by atoms with Crippen LogP contribution in [0.5, 0.6) is 0 Å². The van der Waals surface area contributed by atoms with Crippen LogP contribution < -0.4 is 11.5 Å². The van der Waals surface area contributed by atoms with Crippen LogP contribution >= 0.6 is 0 Å². The van der Waals surface area contributed by atoms with Crippen molar-refractivity contribution >= 4 is 27.8 Å². The largest absolute Gasteiger partial charge is 0.480 e. The molecule has 140 valence electrons. The number of H-pyrrole nitrogens is 2. The molecule has 4 rings (SSSR count). The third-order valence-electron chi connectivity index (χ3n) is 4.52. The Labute approximate surface area is 157 Å². The van der Waals surface area contributed by atoms with E-state index in [9.17, 15) is 4.79 Å². The molecule has 0 radical (unpaired) electrons. The third-order valence-corrected chi connectivity index (χ3v) is 4.52. The molecule has 4 aromatic rings. The standard InChI is InChI=1S/C11H12N2O2.C10H12N2/c12-9(11(14)15)5-7-6-13-10-4-2-1-3-8(7)10;11-6-5-8-7-12-10-4-2-1-3-9(8)10/h1-4,6,9,13H,5,12H2,(H,14,15);1-4,7,12H,5-6,11H2/t9-;/m0./s1. The fourth-order valence-corrected chi connectivity index (χ4v) is 3.12. The highest BCUT2D eigenvalue weighted by atomic mass is 16.4. The van der Waals surface area contributed by atoms with E-state index >= 15 is 0 Å². The Morgan fingerprint density at radius 2 is 1.44 bits per heavy atom. The van der Waals surface area contributed by atoms with Crippen LogP contribution in [0.15, 0.2) is 60.9 Å². The molecule has 0 bridgehead atoms. The second kappa shape index (κ2) is 8.53. The van der Waals surface area contributed by atoms with Gasteiger partial charge in [0, 0.05) is 40.6 Å². The molecule has 0 aliphatic heterocycles. The second-order valence-corrected chi connectivity index (χ2v) is 6.41. The van der Waals surface area contributed by atoms with Crippen molar-refractivity contribution in [3.8, 4) is 0 Å². The minimum Gasteiger partial charge on any atom is -0.480 e. The van der Waals surface area contributed by atoms with Gasteiger partial charge >= 0.3 is 5.97 Å². The molecule has 0 saturated heterocycles. The fraction of sp³-hybridized carbons (Fsp3) is 0.190. The Morgan fingerprint density at radius 1 is 0.926 bits per heavy atom. The molecule has 0 aliphatic carbocycles. The van der Waals surface area contributed by atoms with Crippen LogP contribution in [0.25, 0.3) is 21.8 Å². The number of hydrogen-bond donors (Lipinski definition) is 5. The summed E-state index contributed by atoms with van der Waals surface area (Å²) in [6, 6.07) is 15.2. The number of aliphatic carboxylic acids is 1. The van der Waals surface area contributed by atoms with Crippen molar-refractivity contribution in [3.05, 3.63) is 72.1 Å². The van der Waals surface area contributed by atoms with Crippen molar-refractivity contribution in [3.63, 3.8) is 0 Å². The van der Waals surface area contributed by atoms with Gasteiger partial charge in [0.25, 0.3) is 0 Å². The molecule has 0 unspecified atom stereocenters. The zero-order chi connectivity index (χ0) is 19.2. The zero-order valence-electron chi connectivity index (χ0n) is 15.0. The number of carboxylic acids is 1. The number of aromatic amines is 2. The smallest absolute Gasteiger partial charge is 0.320 e. The molecule has 0 aliphatic rings. The molecule has 27 heavy (non-hydrogen) atoms. The lowest BCUT2D eigenvalue weighted by Crippen LogP contribution is -2.32. The van der Waals surface area contributed by atoms with E-state index in [4.69, 9.17) is 16.6 Å². The number of hydrogen-bond acceptors (Lipinski definition) is 3. The fourth-order valence-electron chi connectivity index (χ4n) is 3.12. The van der Waals surface area contributed by atoms with Crippen molar-refractivity contribution in [1.29, 1.82) is 0 Å². The third kappa shape index (κ3) is 4.36. The lowest BCUT2D eigenvalue weighted by Gasteiger charge is -2.04. The van der Waals surface area contributed by atoms with Gasteiger partial charge in [0.15, 0.2) is 0 Å². The minimum absolute atomic E-state index is 0.347. The summed E-state index contributed by atoms with van der Waals surface area (Å²) in [4.78, 5) is 16.9. The summed E-state index contributed by atoms with van der Waals surface area (Å²) in [6.07, 6.45) is 5.15. The van der Waals surface area contributed by atoms with Crippen LogP contribution in [0.2, 0.25) is 0 Å². The van der Waals surface area contributed by atoms with Gasteiger partial charge in [-0.1, -0.05) is 36.4 Å². The van der Waals surface area contributed by atoms with Gasteiger partial charge in [0.2, 0.25) is 0 Å². The zero-order valence-corrected chi connectivity index (χ0v) is 15.0. The number of nitrogens with one attached hydrogen (secondary N) is 2. The summed E-state index contributed by atoms with van der Waals surface area (Å²) in [5, 5.41) is 11.0. The first kappa shape index (κ1) is 18.7. The quantitative estimate of drug-likeness (QED) is 0.374. The molecular weight excluding hydrogens is 340 g/mol. The van der Waals surface area contributed by atoms with Gasteiger partial charge in [-0.05, 0) is 36.2 Å². The summed E-state index contributed by atoms with van der Waals surface area (Å²) in [7, 11) is 0. The Morgan fingerprint density at radius 3 is 2.00 bits per heavy atom. The Hall–Kier alpha value is -3.09. The van der Waals surface area contributed by atoms with E-state index in [1.54, 1.807) is 0 Å². The van der Waals surface area contributed by atoms with Crippen LogP contribution in [-0.4, -0.2) is 33.6 Å². The van der Waals surface area contributed by atoms with E-state index in [-0.39, 0.29) is 0 Å². The maximum Gasteiger partial charge on any atom is 0.320 e. The van der Waals surface area contributed by atoms with Crippen molar-refractivity contribution in [2.75, 3.05) is 6.54 Å². The molecular formula is C21H24N4O2. The number of para-hydroxylation sites is 2. The summed E-state index contributed by atoms with van der Waals surface area (Å²) < 4.78 is 0. The summed E-state index contributed by atoms with van der Waals surface area (Å²) in [5.41, 5.74) is 15.4. The molecule has 1 atom stereocenters. The molecule has 2 aromatic heterocycles. The van der Waals surface area contributed by atoms with E-state index in [0.717, 1.165) is 22.9 Å². The highest BCUT2D eigenvalue weighted by molar-refractivity contribution is 5.84. The molecule has 2 heterocycles. The first-order valence-corrected chi connectivity index (χ1v) is 8.88. The summed E-state index contributed by atoms with van der Waals surface area (Å²) >= 11 is 0. The van der Waals surface area contributed by atoms with E-state index in [1.165, 1.54) is 16.5 Å². The summed E-state index contributed by atoms with van der Waals surface area (Å²) in [5.74, 6) is -0.972. The van der Waals surface area contributed by atoms with Crippen LogP contribution in [-0.2, 0) is 17.6 Å². The van der Waals surface area contributed by atoms with Gasteiger partial charge in [-0.15, -0.1) is 0 Å². The Kier molecular flexibility index (Phi) is 5.90. The van der Waals surface area contributed by atoms with Crippen LogP contribution in [0.3, 0.4) is 0 Å². The number of carboxylic acid groups (broad SMARTS) is 1. The van der Waals surface area contributed by atoms with Crippen LogP contribution in [0, 0.1) is 0 Å².